The maximum absolute atomic E-state index is 13.4. The van der Waals surface area contributed by atoms with Crippen molar-refractivity contribution in [1.82, 2.24) is 0 Å². The zero-order valence-electron chi connectivity index (χ0n) is 40.7. The predicted octanol–water partition coefficient (Wildman–Crippen LogP) is 9.67. The molecule has 12 nitrogen and oxygen atoms in total. The molecule has 9 atom stereocenters. The number of esters is 1. The van der Waals surface area contributed by atoms with Crippen molar-refractivity contribution < 1.29 is 56.6 Å². The molecule has 352 valence electrons. The van der Waals surface area contributed by atoms with E-state index in [9.17, 15) is 9.90 Å². The highest BCUT2D eigenvalue weighted by Crippen LogP contribution is 2.47. The lowest BCUT2D eigenvalue weighted by Gasteiger charge is -2.52. The van der Waals surface area contributed by atoms with E-state index in [2.05, 4.69) is 79.9 Å². The molecule has 14 heteroatoms. The van der Waals surface area contributed by atoms with Crippen LogP contribution >= 0.6 is 0 Å². The summed E-state index contributed by atoms with van der Waals surface area (Å²) in [6.45, 7) is 31.2. The summed E-state index contributed by atoms with van der Waals surface area (Å²) in [4.78, 5) is 13.4. The Morgan fingerprint density at radius 2 is 1.39 bits per heavy atom. The second-order valence-corrected chi connectivity index (χ2v) is 31.1. The molecule has 0 radical (unpaired) electrons. The van der Waals surface area contributed by atoms with E-state index < -0.39 is 58.1 Å². The molecule has 0 aromatic heterocycles. The average molecular weight is 897 g/mol. The first-order valence-electron chi connectivity index (χ1n) is 22.7. The molecule has 3 heterocycles. The summed E-state index contributed by atoms with van der Waals surface area (Å²) in [5.41, 5.74) is 1.16. The summed E-state index contributed by atoms with van der Waals surface area (Å²) < 4.78 is 65.4. The zero-order chi connectivity index (χ0) is 45.7. The molecule has 0 aliphatic carbocycles. The topological polar surface area (TPSA) is 130 Å². The van der Waals surface area contributed by atoms with E-state index in [1.54, 1.807) is 7.11 Å². The minimum Gasteiger partial charge on any atom is -0.469 e. The van der Waals surface area contributed by atoms with Gasteiger partial charge in [0.1, 0.15) is 5.92 Å². The van der Waals surface area contributed by atoms with E-state index in [1.807, 2.05) is 45.9 Å². The van der Waals surface area contributed by atoms with Gasteiger partial charge in [-0.1, -0.05) is 71.9 Å². The Hall–Kier alpha value is -1.28. The van der Waals surface area contributed by atoms with Gasteiger partial charge in [-0.2, -0.15) is 0 Å². The molecule has 3 aliphatic heterocycles. The summed E-state index contributed by atoms with van der Waals surface area (Å²) in [6.07, 6.45) is 2.30. The number of hydrogen-bond acceptors (Lipinski definition) is 12. The minimum atomic E-state index is -2.39. The van der Waals surface area contributed by atoms with Gasteiger partial charge in [0.15, 0.2) is 34.0 Å². The highest BCUT2D eigenvalue weighted by Gasteiger charge is 2.56. The monoisotopic (exact) mass is 897 g/mol. The van der Waals surface area contributed by atoms with E-state index in [1.165, 1.54) is 7.11 Å². The summed E-state index contributed by atoms with van der Waals surface area (Å²) in [6, 6.07) is 10.2. The first-order chi connectivity index (χ1) is 28.1. The molecular weight excluding hydrogens is 813 g/mol. The third kappa shape index (κ3) is 14.6. The summed E-state index contributed by atoms with van der Waals surface area (Å²) in [7, 11) is -1.65. The number of aliphatic hydroxyl groups excluding tert-OH is 1. The van der Waals surface area contributed by atoms with Crippen LogP contribution in [0.1, 0.15) is 126 Å². The summed E-state index contributed by atoms with van der Waals surface area (Å²) in [5, 5.41) is 10.1. The molecular formula is C47H84O12Si2. The molecule has 0 bridgehead atoms. The number of hydrogen-bond donors (Lipinski definition) is 1. The van der Waals surface area contributed by atoms with Gasteiger partial charge in [0.05, 0.1) is 56.4 Å². The van der Waals surface area contributed by atoms with Crippen molar-refractivity contribution in [3.05, 3.63) is 35.9 Å². The largest absolute Gasteiger partial charge is 0.469 e. The lowest BCUT2D eigenvalue weighted by Crippen LogP contribution is -2.61. The molecule has 61 heavy (non-hydrogen) atoms. The van der Waals surface area contributed by atoms with Crippen LogP contribution in [0.5, 0.6) is 0 Å². The number of methoxy groups -OCH3 is 2. The van der Waals surface area contributed by atoms with Gasteiger partial charge in [-0.25, -0.2) is 0 Å². The van der Waals surface area contributed by atoms with Crippen molar-refractivity contribution in [1.29, 1.82) is 0 Å². The normalized spacial score (nSPS) is 30.5. The van der Waals surface area contributed by atoms with E-state index in [0.717, 1.165) is 31.2 Å². The van der Waals surface area contributed by atoms with Crippen LogP contribution in [0.3, 0.4) is 0 Å². The highest BCUT2D eigenvalue weighted by atomic mass is 28.4. The molecule has 0 spiro atoms. The molecule has 1 aromatic carbocycles. The minimum absolute atomic E-state index is 0.00513. The lowest BCUT2D eigenvalue weighted by atomic mass is 9.83. The third-order valence-corrected chi connectivity index (χ3v) is 22.7. The summed E-state index contributed by atoms with van der Waals surface area (Å²) in [5.74, 6) is -3.98. The van der Waals surface area contributed by atoms with Gasteiger partial charge in [0.2, 0.25) is 0 Å². The Labute approximate surface area is 370 Å². The quantitative estimate of drug-likeness (QED) is 0.0807. The Bertz CT molecular complexity index is 1510. The standard InChI is InChI=1S/C47H84O12Si2/c1-43(2,3)60(13,14)58-37(23-22-34-28-35(54-45(7,8)53-34)25-27-52-32-33-20-18-17-19-21-33)39-29-36(55-46(9,10)56-39)30-47(51-12)31-40(59-61(15,16)44(4,5)6)41(42(49)50-11)38(57-47)24-26-48/h17-21,34-41,48H,22-32H2,1-16H3/t34-,35+,36+,37-,38+,39-,40+,41+,47-/m1/s1. The van der Waals surface area contributed by atoms with Crippen molar-refractivity contribution in [2.45, 2.75) is 224 Å². The lowest BCUT2D eigenvalue weighted by molar-refractivity contribution is -0.346. The molecule has 1 N–H and O–H groups in total. The Kier molecular flexibility index (Phi) is 17.9. The van der Waals surface area contributed by atoms with E-state index in [0.29, 0.717) is 32.5 Å². The predicted molar refractivity (Wildman–Crippen MR) is 242 cm³/mol. The molecule has 0 amide bonds. The number of ether oxygens (including phenoxy) is 8. The maximum atomic E-state index is 13.4. The van der Waals surface area contributed by atoms with Crippen LogP contribution in [-0.4, -0.2) is 115 Å². The van der Waals surface area contributed by atoms with Crippen LogP contribution in [0.2, 0.25) is 36.3 Å². The smallest absolute Gasteiger partial charge is 0.313 e. The number of rotatable bonds is 19. The molecule has 0 unspecified atom stereocenters. The Morgan fingerprint density at radius 3 is 1.97 bits per heavy atom. The van der Waals surface area contributed by atoms with Crippen LogP contribution in [0.4, 0.5) is 0 Å². The fourth-order valence-electron chi connectivity index (χ4n) is 8.52. The first-order valence-corrected chi connectivity index (χ1v) is 28.6. The zero-order valence-corrected chi connectivity index (χ0v) is 42.7. The van der Waals surface area contributed by atoms with Crippen LogP contribution in [0.15, 0.2) is 30.3 Å². The molecule has 3 saturated heterocycles. The van der Waals surface area contributed by atoms with Crippen molar-refractivity contribution in [2.75, 3.05) is 27.4 Å². The van der Waals surface area contributed by atoms with Gasteiger partial charge in [-0.3, -0.25) is 4.79 Å². The van der Waals surface area contributed by atoms with E-state index in [4.69, 9.17) is 46.7 Å². The van der Waals surface area contributed by atoms with Crippen molar-refractivity contribution in [2.24, 2.45) is 5.92 Å². The Morgan fingerprint density at radius 1 is 0.803 bits per heavy atom. The highest BCUT2D eigenvalue weighted by molar-refractivity contribution is 6.74. The Balaban J connectivity index is 1.57. The third-order valence-electron chi connectivity index (χ3n) is 13.7. The van der Waals surface area contributed by atoms with E-state index >= 15 is 0 Å². The van der Waals surface area contributed by atoms with Crippen molar-refractivity contribution in [3.8, 4) is 0 Å². The van der Waals surface area contributed by atoms with Gasteiger partial charge < -0.3 is 51.9 Å². The molecule has 4 rings (SSSR count). The number of benzene rings is 1. The van der Waals surface area contributed by atoms with Gasteiger partial charge >= 0.3 is 5.97 Å². The fraction of sp³-hybridized carbons (Fsp3) is 0.851. The number of aliphatic hydroxyl groups is 1. The first kappa shape index (κ1) is 52.3. The molecule has 3 fully saturated rings. The summed E-state index contributed by atoms with van der Waals surface area (Å²) >= 11 is 0. The molecule has 3 aliphatic rings. The number of carbonyl (C=O) groups excluding carboxylic acids is 1. The maximum Gasteiger partial charge on any atom is 0.313 e. The van der Waals surface area contributed by atoms with Crippen molar-refractivity contribution >= 4 is 22.6 Å². The van der Waals surface area contributed by atoms with Crippen LogP contribution < -0.4 is 0 Å². The van der Waals surface area contributed by atoms with E-state index in [-0.39, 0.29) is 53.6 Å². The second kappa shape index (κ2) is 20.9. The van der Waals surface area contributed by atoms with Crippen LogP contribution in [-0.2, 0) is 58.1 Å². The average Bonchev–Trinajstić information content (AvgIpc) is 3.13. The molecule has 1 aromatic rings. The van der Waals surface area contributed by atoms with Crippen LogP contribution in [0, 0.1) is 5.92 Å². The molecule has 0 saturated carbocycles. The fourth-order valence-corrected chi connectivity index (χ4v) is 11.2. The van der Waals surface area contributed by atoms with Crippen LogP contribution in [0.25, 0.3) is 0 Å². The number of carbonyl (C=O) groups is 1. The van der Waals surface area contributed by atoms with Gasteiger partial charge in [0, 0.05) is 46.0 Å². The van der Waals surface area contributed by atoms with Gasteiger partial charge in [-0.05, 0) is 95.2 Å². The van der Waals surface area contributed by atoms with Gasteiger partial charge in [-0.15, -0.1) is 0 Å². The van der Waals surface area contributed by atoms with Gasteiger partial charge in [0.25, 0.3) is 0 Å². The second-order valence-electron chi connectivity index (χ2n) is 21.6. The SMILES string of the molecule is COC(=O)[C@H]1[C@H](CCO)O[C@@](C[C@@H]2C[C@H]([C@@H](CC[C@@H]3C[C@H](CCOCc4ccccc4)OC(C)(C)O3)O[Si](C)(C)C(C)(C)C)OC(C)(C)O2)(OC)C[C@@H]1O[Si](C)(C)C(C)(C)C. The van der Waals surface area contributed by atoms with Crippen molar-refractivity contribution in [3.63, 3.8) is 0 Å².